The van der Waals surface area contributed by atoms with Gasteiger partial charge in [0.2, 0.25) is 0 Å². The topological polar surface area (TPSA) is 83.2 Å². The lowest BCUT2D eigenvalue weighted by Gasteiger charge is -2.39. The SMILES string of the molecule is CCCC[N+](CCCC)(CCCC)CCCC.Nc1cccc(CS(=O)(=O)[O-])c1. The fourth-order valence-corrected chi connectivity index (χ4v) is 4.12. The number of unbranched alkanes of at least 4 members (excludes halogenated alkanes) is 4. The summed E-state index contributed by atoms with van der Waals surface area (Å²) in [7, 11) is -4.20. The third-order valence-electron chi connectivity index (χ3n) is 5.24. The summed E-state index contributed by atoms with van der Waals surface area (Å²) in [5.41, 5.74) is 6.26. The van der Waals surface area contributed by atoms with Crippen molar-refractivity contribution < 1.29 is 17.5 Å². The summed E-state index contributed by atoms with van der Waals surface area (Å²) in [4.78, 5) is 0. The molecule has 0 unspecified atom stereocenters. The van der Waals surface area contributed by atoms with E-state index in [2.05, 4.69) is 27.7 Å². The Balaban J connectivity index is 0.000000571. The van der Waals surface area contributed by atoms with Gasteiger partial charge in [-0.3, -0.25) is 0 Å². The lowest BCUT2D eigenvalue weighted by molar-refractivity contribution is -0.929. The lowest BCUT2D eigenvalue weighted by atomic mass is 10.1. The third kappa shape index (κ3) is 14.5. The van der Waals surface area contributed by atoms with E-state index in [1.54, 1.807) is 18.2 Å². The van der Waals surface area contributed by atoms with Gasteiger partial charge < -0.3 is 14.8 Å². The monoisotopic (exact) mass is 428 g/mol. The first-order valence-electron chi connectivity index (χ1n) is 11.3. The van der Waals surface area contributed by atoms with Crippen LogP contribution in [0, 0.1) is 0 Å². The Morgan fingerprint density at radius 1 is 0.828 bits per heavy atom. The standard InChI is InChI=1S/C16H36N.C7H9NO3S/c1-5-9-13-17(14-10-6-2,15-11-7-3)16-12-8-4;8-7-3-1-2-6(4-7)5-12(9,10)11/h5-16H2,1-4H3;1-4H,5,8H2,(H,9,10,11)/q+1;/p-1. The van der Waals surface area contributed by atoms with Crippen molar-refractivity contribution >= 4 is 15.8 Å². The number of benzene rings is 1. The van der Waals surface area contributed by atoms with E-state index in [4.69, 9.17) is 5.73 Å². The molecule has 0 aliphatic carbocycles. The average Bonchev–Trinajstić information content (AvgIpc) is 2.66. The largest absolute Gasteiger partial charge is 0.748 e. The van der Waals surface area contributed by atoms with Gasteiger partial charge in [0, 0.05) is 5.69 Å². The quantitative estimate of drug-likeness (QED) is 0.247. The summed E-state index contributed by atoms with van der Waals surface area (Å²) < 4.78 is 32.4. The predicted molar refractivity (Wildman–Crippen MR) is 124 cm³/mol. The minimum Gasteiger partial charge on any atom is -0.748 e. The molecule has 0 saturated carbocycles. The van der Waals surface area contributed by atoms with Crippen LogP contribution in [0.3, 0.4) is 0 Å². The molecule has 1 aromatic rings. The van der Waals surface area contributed by atoms with Crippen LogP contribution in [0.2, 0.25) is 0 Å². The van der Waals surface area contributed by atoms with Gasteiger partial charge in [0.05, 0.1) is 42.1 Å². The molecule has 0 atom stereocenters. The van der Waals surface area contributed by atoms with E-state index in [0.29, 0.717) is 11.3 Å². The van der Waals surface area contributed by atoms with Crippen LogP contribution in [0.25, 0.3) is 0 Å². The highest BCUT2D eigenvalue weighted by Gasteiger charge is 2.24. The first kappa shape index (κ1) is 27.9. The summed E-state index contributed by atoms with van der Waals surface area (Å²) in [6.45, 7) is 15.0. The van der Waals surface area contributed by atoms with Gasteiger partial charge in [0.1, 0.15) is 0 Å². The highest BCUT2D eigenvalue weighted by Crippen LogP contribution is 2.16. The van der Waals surface area contributed by atoms with Gasteiger partial charge in [-0.1, -0.05) is 65.5 Å². The zero-order valence-electron chi connectivity index (χ0n) is 19.2. The summed E-state index contributed by atoms with van der Waals surface area (Å²) in [5, 5.41) is 0. The van der Waals surface area contributed by atoms with E-state index in [1.165, 1.54) is 88.1 Å². The maximum Gasteiger partial charge on any atom is 0.0988 e. The number of rotatable bonds is 14. The number of nitrogens with zero attached hydrogens (tertiary/aromatic N) is 1. The molecular formula is C23H44N2O3S. The van der Waals surface area contributed by atoms with Crippen LogP contribution < -0.4 is 5.73 Å². The summed E-state index contributed by atoms with van der Waals surface area (Å²) >= 11 is 0. The first-order chi connectivity index (χ1) is 13.7. The van der Waals surface area contributed by atoms with E-state index < -0.39 is 15.9 Å². The van der Waals surface area contributed by atoms with Crippen molar-refractivity contribution in [3.05, 3.63) is 29.8 Å². The second-order valence-corrected chi connectivity index (χ2v) is 9.50. The van der Waals surface area contributed by atoms with Gasteiger partial charge in [-0.2, -0.15) is 0 Å². The Kier molecular flexibility index (Phi) is 15.1. The van der Waals surface area contributed by atoms with Gasteiger partial charge >= 0.3 is 0 Å². The van der Waals surface area contributed by atoms with Crippen molar-refractivity contribution in [1.29, 1.82) is 0 Å². The second kappa shape index (κ2) is 15.7. The fourth-order valence-electron chi connectivity index (χ4n) is 3.53. The van der Waals surface area contributed by atoms with E-state index in [9.17, 15) is 13.0 Å². The molecule has 0 aliphatic rings. The highest BCUT2D eigenvalue weighted by atomic mass is 32.2. The van der Waals surface area contributed by atoms with Crippen molar-refractivity contribution in [1.82, 2.24) is 0 Å². The molecule has 6 heteroatoms. The molecule has 0 radical (unpaired) electrons. The van der Waals surface area contributed by atoms with Gasteiger partial charge in [0.15, 0.2) is 0 Å². The Labute approximate surface area is 180 Å². The molecule has 2 N–H and O–H groups in total. The molecule has 0 saturated heterocycles. The van der Waals surface area contributed by atoms with Gasteiger partial charge in [-0.15, -0.1) is 0 Å². The molecule has 0 fully saturated rings. The molecule has 1 aromatic carbocycles. The Morgan fingerprint density at radius 2 is 1.24 bits per heavy atom. The van der Waals surface area contributed by atoms with Crippen LogP contribution in [0.5, 0.6) is 0 Å². The number of nitrogens with two attached hydrogens (primary N) is 1. The summed E-state index contributed by atoms with van der Waals surface area (Å²) in [6, 6.07) is 6.25. The number of hydrogen-bond acceptors (Lipinski definition) is 4. The fraction of sp³-hybridized carbons (Fsp3) is 0.739. The van der Waals surface area contributed by atoms with Gasteiger partial charge in [-0.05, 0) is 43.4 Å². The van der Waals surface area contributed by atoms with Crippen LogP contribution in [0.1, 0.15) is 84.6 Å². The van der Waals surface area contributed by atoms with E-state index in [-0.39, 0.29) is 0 Å². The number of quaternary nitrogens is 1. The number of hydrogen-bond donors (Lipinski definition) is 1. The van der Waals surface area contributed by atoms with Crippen molar-refractivity contribution in [3.8, 4) is 0 Å². The Bertz CT molecular complexity index is 595. The van der Waals surface area contributed by atoms with E-state index in [0.717, 1.165) is 0 Å². The van der Waals surface area contributed by atoms with Crippen molar-refractivity contribution in [3.63, 3.8) is 0 Å². The van der Waals surface area contributed by atoms with Crippen molar-refractivity contribution in [2.45, 2.75) is 84.8 Å². The van der Waals surface area contributed by atoms with Gasteiger partial charge in [-0.25, -0.2) is 8.42 Å². The normalized spacial score (nSPS) is 11.8. The minimum absolute atomic E-state index is 0.421. The van der Waals surface area contributed by atoms with Gasteiger partial charge in [0.25, 0.3) is 0 Å². The Morgan fingerprint density at radius 3 is 1.55 bits per heavy atom. The van der Waals surface area contributed by atoms with E-state index >= 15 is 0 Å². The number of anilines is 1. The minimum atomic E-state index is -4.20. The number of nitrogen functional groups attached to an aromatic ring is 1. The molecule has 0 heterocycles. The van der Waals surface area contributed by atoms with Crippen LogP contribution in [-0.4, -0.2) is 43.6 Å². The maximum atomic E-state index is 10.3. The summed E-state index contributed by atoms with van der Waals surface area (Å²) in [6.07, 6.45) is 11.1. The van der Waals surface area contributed by atoms with Crippen molar-refractivity contribution in [2.24, 2.45) is 0 Å². The van der Waals surface area contributed by atoms with Crippen LogP contribution >= 0.6 is 0 Å². The molecule has 1 rings (SSSR count). The summed E-state index contributed by atoms with van der Waals surface area (Å²) in [5.74, 6) is -0.502. The van der Waals surface area contributed by atoms with Crippen LogP contribution in [0.15, 0.2) is 24.3 Å². The molecule has 0 bridgehead atoms. The molecule has 0 spiro atoms. The lowest BCUT2D eigenvalue weighted by Crippen LogP contribution is -2.50. The van der Waals surface area contributed by atoms with E-state index in [1.807, 2.05) is 0 Å². The molecule has 0 amide bonds. The van der Waals surface area contributed by atoms with Crippen molar-refractivity contribution in [2.75, 3.05) is 31.9 Å². The molecular weight excluding hydrogens is 384 g/mol. The predicted octanol–water partition coefficient (Wildman–Crippen LogP) is 5.32. The molecule has 170 valence electrons. The third-order valence-corrected chi connectivity index (χ3v) is 5.93. The highest BCUT2D eigenvalue weighted by molar-refractivity contribution is 7.84. The smallest absolute Gasteiger partial charge is 0.0988 e. The average molecular weight is 429 g/mol. The van der Waals surface area contributed by atoms with Crippen LogP contribution in [-0.2, 0) is 15.9 Å². The first-order valence-corrected chi connectivity index (χ1v) is 12.9. The van der Waals surface area contributed by atoms with Crippen LogP contribution in [0.4, 0.5) is 5.69 Å². The zero-order chi connectivity index (χ0) is 22.2. The molecule has 0 aliphatic heterocycles. The maximum absolute atomic E-state index is 10.3. The second-order valence-electron chi connectivity index (χ2n) is 8.10. The molecule has 5 nitrogen and oxygen atoms in total. The molecule has 0 aromatic heterocycles. The zero-order valence-corrected chi connectivity index (χ0v) is 20.0. The molecule has 29 heavy (non-hydrogen) atoms. The Hall–Kier alpha value is -1.11.